The summed E-state index contributed by atoms with van der Waals surface area (Å²) in [6, 6.07) is 15.3. The number of hydrogen-bond donors (Lipinski definition) is 1. The van der Waals surface area contributed by atoms with Crippen molar-refractivity contribution in [3.8, 4) is 0 Å². The molecule has 1 unspecified atom stereocenters. The van der Waals surface area contributed by atoms with Gasteiger partial charge in [-0.05, 0) is 50.7 Å². The SMILES string of the molecule is CNC(C)c1ccc(Br)cc1N(C)c1ccc(C)cc1. The molecular weight excluding hydrogens is 312 g/mol. The van der Waals surface area contributed by atoms with Gasteiger partial charge in [-0.1, -0.05) is 39.7 Å². The van der Waals surface area contributed by atoms with Crippen LogP contribution in [0.2, 0.25) is 0 Å². The summed E-state index contributed by atoms with van der Waals surface area (Å²) >= 11 is 3.57. The Morgan fingerprint density at radius 1 is 1.10 bits per heavy atom. The molecule has 0 aliphatic heterocycles. The van der Waals surface area contributed by atoms with Crippen molar-refractivity contribution in [1.82, 2.24) is 5.32 Å². The van der Waals surface area contributed by atoms with Crippen molar-refractivity contribution in [2.45, 2.75) is 19.9 Å². The number of aryl methyl sites for hydroxylation is 1. The van der Waals surface area contributed by atoms with Crippen molar-refractivity contribution in [3.63, 3.8) is 0 Å². The number of nitrogens with one attached hydrogen (secondary N) is 1. The van der Waals surface area contributed by atoms with Gasteiger partial charge < -0.3 is 10.2 Å². The fourth-order valence-corrected chi connectivity index (χ4v) is 2.59. The molecule has 20 heavy (non-hydrogen) atoms. The maximum absolute atomic E-state index is 3.57. The van der Waals surface area contributed by atoms with E-state index in [1.54, 1.807) is 0 Å². The lowest BCUT2D eigenvalue weighted by Gasteiger charge is -2.25. The zero-order valence-corrected chi connectivity index (χ0v) is 14.0. The second-order valence-corrected chi connectivity index (χ2v) is 6.02. The molecule has 0 aliphatic rings. The quantitative estimate of drug-likeness (QED) is 0.864. The van der Waals surface area contributed by atoms with Crippen LogP contribution in [-0.4, -0.2) is 14.1 Å². The van der Waals surface area contributed by atoms with Crippen LogP contribution >= 0.6 is 15.9 Å². The Balaban J connectivity index is 2.44. The summed E-state index contributed by atoms with van der Waals surface area (Å²) < 4.78 is 1.10. The zero-order chi connectivity index (χ0) is 14.7. The van der Waals surface area contributed by atoms with Crippen molar-refractivity contribution in [1.29, 1.82) is 0 Å². The predicted octanol–water partition coefficient (Wildman–Crippen LogP) is 4.81. The van der Waals surface area contributed by atoms with Gasteiger partial charge in [0.25, 0.3) is 0 Å². The first-order chi connectivity index (χ1) is 9.52. The molecule has 1 N–H and O–H groups in total. The highest BCUT2D eigenvalue weighted by molar-refractivity contribution is 9.10. The van der Waals surface area contributed by atoms with Crippen molar-refractivity contribution >= 4 is 27.3 Å². The second kappa shape index (κ2) is 6.42. The zero-order valence-electron chi connectivity index (χ0n) is 12.4. The van der Waals surface area contributed by atoms with Gasteiger partial charge in [0.2, 0.25) is 0 Å². The fraction of sp³-hybridized carbons (Fsp3) is 0.294. The van der Waals surface area contributed by atoms with Crippen LogP contribution in [0.25, 0.3) is 0 Å². The molecule has 106 valence electrons. The van der Waals surface area contributed by atoms with Crippen molar-refractivity contribution in [2.75, 3.05) is 19.0 Å². The van der Waals surface area contributed by atoms with Gasteiger partial charge in [-0.15, -0.1) is 0 Å². The van der Waals surface area contributed by atoms with E-state index in [-0.39, 0.29) is 0 Å². The van der Waals surface area contributed by atoms with Crippen molar-refractivity contribution < 1.29 is 0 Å². The molecular formula is C17H21BrN2. The van der Waals surface area contributed by atoms with Gasteiger partial charge in [-0.3, -0.25) is 0 Å². The van der Waals surface area contributed by atoms with E-state index in [1.807, 2.05) is 7.05 Å². The Morgan fingerprint density at radius 3 is 2.35 bits per heavy atom. The highest BCUT2D eigenvalue weighted by atomic mass is 79.9. The third kappa shape index (κ3) is 3.22. The van der Waals surface area contributed by atoms with Gasteiger partial charge in [-0.25, -0.2) is 0 Å². The van der Waals surface area contributed by atoms with Crippen LogP contribution in [0.15, 0.2) is 46.9 Å². The van der Waals surface area contributed by atoms with E-state index >= 15 is 0 Å². The van der Waals surface area contributed by atoms with Crippen LogP contribution in [0.5, 0.6) is 0 Å². The molecule has 0 aromatic heterocycles. The Kier molecular flexibility index (Phi) is 4.84. The molecule has 3 heteroatoms. The topological polar surface area (TPSA) is 15.3 Å². The van der Waals surface area contributed by atoms with E-state index in [0.29, 0.717) is 6.04 Å². The number of anilines is 2. The molecule has 0 bridgehead atoms. The number of halogens is 1. The van der Waals surface area contributed by atoms with Crippen LogP contribution in [0.4, 0.5) is 11.4 Å². The van der Waals surface area contributed by atoms with Gasteiger partial charge >= 0.3 is 0 Å². The Hall–Kier alpha value is -1.32. The van der Waals surface area contributed by atoms with Crippen LogP contribution in [0, 0.1) is 6.92 Å². The Morgan fingerprint density at radius 2 is 1.75 bits per heavy atom. The van der Waals surface area contributed by atoms with E-state index in [2.05, 4.69) is 89.5 Å². The summed E-state index contributed by atoms with van der Waals surface area (Å²) in [6.07, 6.45) is 0. The third-order valence-electron chi connectivity index (χ3n) is 3.67. The minimum absolute atomic E-state index is 0.311. The van der Waals surface area contributed by atoms with Gasteiger partial charge in [0.15, 0.2) is 0 Å². The van der Waals surface area contributed by atoms with E-state index in [0.717, 1.165) is 4.47 Å². The summed E-state index contributed by atoms with van der Waals surface area (Å²) in [5.74, 6) is 0. The third-order valence-corrected chi connectivity index (χ3v) is 4.17. The molecule has 1 atom stereocenters. The molecule has 0 saturated heterocycles. The molecule has 0 saturated carbocycles. The molecule has 0 heterocycles. The normalized spacial score (nSPS) is 12.2. The molecule has 2 rings (SSSR count). The summed E-state index contributed by atoms with van der Waals surface area (Å²) in [7, 11) is 4.10. The molecule has 0 fully saturated rings. The van der Waals surface area contributed by atoms with E-state index in [4.69, 9.17) is 0 Å². The number of rotatable bonds is 4. The number of nitrogens with zero attached hydrogens (tertiary/aromatic N) is 1. The van der Waals surface area contributed by atoms with Gasteiger partial charge in [0.05, 0.1) is 0 Å². The van der Waals surface area contributed by atoms with Crippen LogP contribution in [-0.2, 0) is 0 Å². The van der Waals surface area contributed by atoms with Crippen LogP contribution in [0.1, 0.15) is 24.1 Å². The highest BCUT2D eigenvalue weighted by Crippen LogP contribution is 2.33. The van der Waals surface area contributed by atoms with E-state index in [9.17, 15) is 0 Å². The number of hydrogen-bond acceptors (Lipinski definition) is 2. The minimum Gasteiger partial charge on any atom is -0.344 e. The smallest absolute Gasteiger partial charge is 0.0467 e. The monoisotopic (exact) mass is 332 g/mol. The lowest BCUT2D eigenvalue weighted by atomic mass is 10.0. The molecule has 0 aliphatic carbocycles. The molecule has 2 aromatic rings. The minimum atomic E-state index is 0.311. The Bertz CT molecular complexity index is 578. The Labute approximate surface area is 129 Å². The predicted molar refractivity (Wildman–Crippen MR) is 90.9 cm³/mol. The molecule has 0 radical (unpaired) electrons. The first-order valence-corrected chi connectivity index (χ1v) is 7.59. The standard InChI is InChI=1S/C17H21BrN2/c1-12-5-8-15(9-6-12)20(4)17-11-14(18)7-10-16(17)13(2)19-3/h5-11,13,19H,1-4H3. The van der Waals surface area contributed by atoms with Crippen molar-refractivity contribution in [2.24, 2.45) is 0 Å². The van der Waals surface area contributed by atoms with Crippen LogP contribution < -0.4 is 10.2 Å². The first kappa shape index (κ1) is 15.1. The molecule has 0 amide bonds. The maximum Gasteiger partial charge on any atom is 0.0467 e. The second-order valence-electron chi connectivity index (χ2n) is 5.11. The van der Waals surface area contributed by atoms with Crippen molar-refractivity contribution in [3.05, 3.63) is 58.1 Å². The lowest BCUT2D eigenvalue weighted by molar-refractivity contribution is 0.652. The first-order valence-electron chi connectivity index (χ1n) is 6.80. The van der Waals surface area contributed by atoms with E-state index < -0.39 is 0 Å². The summed E-state index contributed by atoms with van der Waals surface area (Å²) in [4.78, 5) is 2.23. The lowest BCUT2D eigenvalue weighted by Crippen LogP contribution is -2.18. The maximum atomic E-state index is 3.57. The fourth-order valence-electron chi connectivity index (χ4n) is 2.24. The summed E-state index contributed by atoms with van der Waals surface area (Å²) in [5.41, 5.74) is 4.97. The molecule has 0 spiro atoms. The number of benzene rings is 2. The highest BCUT2D eigenvalue weighted by Gasteiger charge is 2.14. The van der Waals surface area contributed by atoms with Gasteiger partial charge in [0, 0.05) is 28.9 Å². The van der Waals surface area contributed by atoms with Crippen LogP contribution in [0.3, 0.4) is 0 Å². The average molecular weight is 333 g/mol. The summed E-state index contributed by atoms with van der Waals surface area (Å²) in [6.45, 7) is 4.28. The molecule has 2 aromatic carbocycles. The van der Waals surface area contributed by atoms with E-state index in [1.165, 1.54) is 22.5 Å². The van der Waals surface area contributed by atoms with Gasteiger partial charge in [0.1, 0.15) is 0 Å². The largest absolute Gasteiger partial charge is 0.344 e. The molecule has 2 nitrogen and oxygen atoms in total. The average Bonchev–Trinajstić information content (AvgIpc) is 2.46. The van der Waals surface area contributed by atoms with Gasteiger partial charge in [-0.2, -0.15) is 0 Å². The summed E-state index contributed by atoms with van der Waals surface area (Å²) in [5, 5.41) is 3.31.